The van der Waals surface area contributed by atoms with Crippen molar-refractivity contribution in [1.82, 2.24) is 4.90 Å². The van der Waals surface area contributed by atoms with Crippen LogP contribution in [0.15, 0.2) is 70.9 Å². The molecule has 162 valence electrons. The Balaban J connectivity index is 1.91. The molecule has 1 saturated heterocycles. The van der Waals surface area contributed by atoms with Gasteiger partial charge in [0.05, 0.1) is 29.3 Å². The molecule has 0 spiro atoms. The summed E-state index contributed by atoms with van der Waals surface area (Å²) in [5, 5.41) is 22.7. The largest absolute Gasteiger partial charge is 0.507 e. The average Bonchev–Trinajstić information content (AvgIpc) is 3.36. The summed E-state index contributed by atoms with van der Waals surface area (Å²) >= 11 is 12.4. The van der Waals surface area contributed by atoms with Crippen molar-refractivity contribution in [2.24, 2.45) is 0 Å². The first kappa shape index (κ1) is 21.6. The molecule has 2 heterocycles. The number of benzene rings is 2. The van der Waals surface area contributed by atoms with Crippen LogP contribution in [0.4, 0.5) is 5.69 Å². The van der Waals surface area contributed by atoms with Crippen molar-refractivity contribution in [1.29, 1.82) is 0 Å². The molecule has 1 N–H and O–H groups in total. The highest BCUT2D eigenvalue weighted by atomic mass is 35.5. The van der Waals surface area contributed by atoms with Crippen LogP contribution < -0.4 is 0 Å². The van der Waals surface area contributed by atoms with Crippen LogP contribution in [0.5, 0.6) is 0 Å². The number of halogens is 2. The van der Waals surface area contributed by atoms with Crippen molar-refractivity contribution >= 4 is 46.3 Å². The highest BCUT2D eigenvalue weighted by Crippen LogP contribution is 2.43. The topological polar surface area (TPSA) is 114 Å². The Hall–Kier alpha value is -3.62. The number of Topliss-reactive ketones (excluding diaryl/α,β-unsaturated/α-hetero) is 1. The van der Waals surface area contributed by atoms with Crippen LogP contribution >= 0.6 is 23.2 Å². The van der Waals surface area contributed by atoms with Crippen LogP contribution in [0.3, 0.4) is 0 Å². The maximum absolute atomic E-state index is 13.0. The molecule has 0 aliphatic carbocycles. The number of hydrogen-bond acceptors (Lipinski definition) is 6. The van der Waals surface area contributed by atoms with Crippen molar-refractivity contribution in [2.75, 3.05) is 0 Å². The molecule has 1 aliphatic heterocycles. The van der Waals surface area contributed by atoms with Crippen LogP contribution in [-0.4, -0.2) is 26.6 Å². The quantitative estimate of drug-likeness (QED) is 0.181. The molecule has 1 aliphatic rings. The number of hydrogen-bond donors (Lipinski definition) is 1. The monoisotopic (exact) mass is 472 g/mol. The smallest absolute Gasteiger partial charge is 0.296 e. The van der Waals surface area contributed by atoms with Crippen LogP contribution in [0.25, 0.3) is 5.76 Å². The molecule has 3 aromatic rings. The van der Waals surface area contributed by atoms with E-state index in [0.29, 0.717) is 16.3 Å². The molecule has 0 unspecified atom stereocenters. The van der Waals surface area contributed by atoms with E-state index < -0.39 is 28.4 Å². The molecule has 0 saturated carbocycles. The standard InChI is InChI=1S/C22H14Cl2N2O6/c23-13-6-7-16(17(24)10-13)19-18(20(27)12-3-1-4-14(9-12)26(30)31)21(28)22(29)25(19)11-15-5-2-8-32-15/h1-10,19,27H,11H2/b20-18+/t19-/m0/s1. The number of amides is 1. The van der Waals surface area contributed by atoms with Gasteiger partial charge in [0.2, 0.25) is 0 Å². The molecule has 32 heavy (non-hydrogen) atoms. The number of likely N-dealkylation sites (tertiary alicyclic amines) is 1. The second-order valence-electron chi connectivity index (χ2n) is 6.98. The van der Waals surface area contributed by atoms with E-state index in [1.54, 1.807) is 24.3 Å². The van der Waals surface area contributed by atoms with Crippen LogP contribution in [0.1, 0.15) is 22.9 Å². The van der Waals surface area contributed by atoms with Crippen molar-refractivity contribution < 1.29 is 24.0 Å². The third-order valence-corrected chi connectivity index (χ3v) is 5.60. The molecule has 1 amide bonds. The molecular weight excluding hydrogens is 459 g/mol. The molecule has 0 bridgehead atoms. The van der Waals surface area contributed by atoms with Crippen molar-refractivity contribution in [3.8, 4) is 0 Å². The molecule has 1 fully saturated rings. The van der Waals surface area contributed by atoms with E-state index in [2.05, 4.69) is 0 Å². The van der Waals surface area contributed by atoms with E-state index in [1.165, 1.54) is 35.4 Å². The van der Waals surface area contributed by atoms with Gasteiger partial charge in [-0.2, -0.15) is 0 Å². The maximum Gasteiger partial charge on any atom is 0.296 e. The fourth-order valence-corrected chi connectivity index (χ4v) is 4.09. The van der Waals surface area contributed by atoms with E-state index in [4.69, 9.17) is 27.6 Å². The predicted molar refractivity (Wildman–Crippen MR) is 116 cm³/mol. The Bertz CT molecular complexity index is 1270. The zero-order valence-electron chi connectivity index (χ0n) is 16.2. The van der Waals surface area contributed by atoms with Crippen LogP contribution in [0.2, 0.25) is 10.0 Å². The van der Waals surface area contributed by atoms with Gasteiger partial charge in [0, 0.05) is 27.7 Å². The van der Waals surface area contributed by atoms with Gasteiger partial charge < -0.3 is 14.4 Å². The lowest BCUT2D eigenvalue weighted by molar-refractivity contribution is -0.384. The number of non-ortho nitro benzene ring substituents is 1. The molecule has 4 rings (SSSR count). The fourth-order valence-electron chi connectivity index (χ4n) is 3.58. The minimum atomic E-state index is -1.07. The van der Waals surface area contributed by atoms with Gasteiger partial charge in [-0.25, -0.2) is 0 Å². The number of nitro groups is 1. The zero-order valence-corrected chi connectivity index (χ0v) is 17.7. The van der Waals surface area contributed by atoms with Crippen molar-refractivity contribution in [3.05, 3.63) is 103 Å². The van der Waals surface area contributed by atoms with Gasteiger partial charge in [0.15, 0.2) is 0 Å². The summed E-state index contributed by atoms with van der Waals surface area (Å²) in [7, 11) is 0. The van der Waals surface area contributed by atoms with Gasteiger partial charge in [0.25, 0.3) is 17.4 Å². The van der Waals surface area contributed by atoms with Crippen LogP contribution in [-0.2, 0) is 16.1 Å². The lowest BCUT2D eigenvalue weighted by atomic mass is 9.95. The van der Waals surface area contributed by atoms with Crippen LogP contribution in [0, 0.1) is 10.1 Å². The second kappa shape index (κ2) is 8.49. The van der Waals surface area contributed by atoms with Gasteiger partial charge in [-0.3, -0.25) is 19.7 Å². The molecule has 1 atom stereocenters. The number of nitro benzene ring substituents is 1. The number of rotatable bonds is 5. The first-order chi connectivity index (χ1) is 15.3. The summed E-state index contributed by atoms with van der Waals surface area (Å²) in [4.78, 5) is 37.7. The number of ketones is 1. The Morgan fingerprint density at radius 1 is 1.12 bits per heavy atom. The lowest BCUT2D eigenvalue weighted by Crippen LogP contribution is -2.29. The fraction of sp³-hybridized carbons (Fsp3) is 0.0909. The number of aliphatic hydroxyl groups is 1. The van der Waals surface area contributed by atoms with Crippen molar-refractivity contribution in [3.63, 3.8) is 0 Å². The maximum atomic E-state index is 13.0. The molecule has 1 aromatic heterocycles. The first-order valence-electron chi connectivity index (χ1n) is 9.28. The predicted octanol–water partition coefficient (Wildman–Crippen LogP) is 5.12. The highest BCUT2D eigenvalue weighted by Gasteiger charge is 2.47. The van der Waals surface area contributed by atoms with E-state index >= 15 is 0 Å². The summed E-state index contributed by atoms with van der Waals surface area (Å²) in [6.45, 7) is -0.0626. The number of carbonyl (C=O) groups is 2. The van der Waals surface area contributed by atoms with Gasteiger partial charge in [-0.15, -0.1) is 0 Å². The second-order valence-corrected chi connectivity index (χ2v) is 7.82. The Morgan fingerprint density at radius 3 is 2.56 bits per heavy atom. The summed E-state index contributed by atoms with van der Waals surface area (Å²) in [5.41, 5.74) is -0.148. The summed E-state index contributed by atoms with van der Waals surface area (Å²) in [5.74, 6) is -1.96. The third kappa shape index (κ3) is 3.86. The summed E-state index contributed by atoms with van der Waals surface area (Å²) in [6, 6.07) is 11.9. The number of aliphatic hydroxyl groups excluding tert-OH is 1. The summed E-state index contributed by atoms with van der Waals surface area (Å²) < 4.78 is 5.32. The van der Waals surface area contributed by atoms with Gasteiger partial charge in [-0.1, -0.05) is 41.4 Å². The highest BCUT2D eigenvalue weighted by molar-refractivity contribution is 6.47. The minimum Gasteiger partial charge on any atom is -0.507 e. The first-order valence-corrected chi connectivity index (χ1v) is 10.0. The Morgan fingerprint density at radius 2 is 1.91 bits per heavy atom. The van der Waals surface area contributed by atoms with Gasteiger partial charge in [0.1, 0.15) is 11.5 Å². The molecule has 0 radical (unpaired) electrons. The number of furan rings is 1. The minimum absolute atomic E-state index is 0.0188. The number of nitrogens with zero attached hydrogens (tertiary/aromatic N) is 2. The molecular formula is C22H14Cl2N2O6. The Labute approximate surface area is 191 Å². The number of carbonyl (C=O) groups excluding carboxylic acids is 2. The van der Waals surface area contributed by atoms with Gasteiger partial charge >= 0.3 is 0 Å². The van der Waals surface area contributed by atoms with E-state index in [0.717, 1.165) is 6.07 Å². The molecule has 8 nitrogen and oxygen atoms in total. The average molecular weight is 473 g/mol. The van der Waals surface area contributed by atoms with Gasteiger partial charge in [-0.05, 0) is 29.8 Å². The van der Waals surface area contributed by atoms with Crippen molar-refractivity contribution in [2.45, 2.75) is 12.6 Å². The summed E-state index contributed by atoms with van der Waals surface area (Å²) in [6.07, 6.45) is 1.43. The zero-order chi connectivity index (χ0) is 23.0. The Kier molecular flexibility index (Phi) is 5.73. The molecule has 10 heteroatoms. The normalized spacial score (nSPS) is 17.7. The SMILES string of the molecule is O=C1C(=O)N(Cc2ccco2)[C@@H](c2ccc(Cl)cc2Cl)/C1=C(\O)c1cccc([N+](=O)[O-])c1. The lowest BCUT2D eigenvalue weighted by Gasteiger charge is -2.25. The van der Waals surface area contributed by atoms with E-state index in [-0.39, 0.29) is 28.4 Å². The third-order valence-electron chi connectivity index (χ3n) is 5.03. The van der Waals surface area contributed by atoms with E-state index in [9.17, 15) is 24.8 Å². The molecule has 2 aromatic carbocycles. The van der Waals surface area contributed by atoms with E-state index in [1.807, 2.05) is 0 Å².